The van der Waals surface area contributed by atoms with Crippen LogP contribution in [-0.2, 0) is 39.4 Å². The summed E-state index contributed by atoms with van der Waals surface area (Å²) in [6.45, 7) is 0. The highest BCUT2D eigenvalue weighted by Gasteiger charge is 2.20. The van der Waals surface area contributed by atoms with E-state index in [9.17, 15) is 36.0 Å². The molecule has 208 valence electrons. The van der Waals surface area contributed by atoms with E-state index in [0.717, 1.165) is 24.3 Å². The van der Waals surface area contributed by atoms with Crippen molar-refractivity contribution in [2.45, 2.75) is 9.79 Å². The molecule has 0 heterocycles. The molecular weight excluding hydrogens is 576 g/mol. The van der Waals surface area contributed by atoms with Crippen LogP contribution in [0.15, 0.2) is 79.4 Å². The summed E-state index contributed by atoms with van der Waals surface area (Å²) < 4.78 is 57.3. The molecule has 0 radical (unpaired) electrons. The first-order chi connectivity index (χ1) is 18.3. The predicted molar refractivity (Wildman–Crippen MR) is 118 cm³/mol. The van der Waals surface area contributed by atoms with E-state index in [4.69, 9.17) is 4.74 Å². The number of nitrogens with zero attached hydrogens (tertiary/aromatic N) is 4. The van der Waals surface area contributed by atoms with E-state index in [1.54, 1.807) is 0 Å². The molecule has 0 aliphatic rings. The maximum Gasteiger partial charge on any atom is 0.448 e. The number of sulfonamides is 2. The first-order valence-corrected chi connectivity index (χ1v) is 12.3. The standard InChI is InChI=1S/C16H14N8O13S2/c17-13(25)34-21-23-36-15(27)19-38(29,30)11-5-1-9(2-6-11)33-10-3-7-12(8-4-10)39(31,32)20-16(28)37-24-22-35-14(18)26/h1-8H,(H2,17,25)(H2,18,26)(H,19,27)(H,20,28). The third-order valence-electron chi connectivity index (χ3n) is 3.51. The van der Waals surface area contributed by atoms with Crippen molar-refractivity contribution < 1.29 is 60.1 Å². The lowest BCUT2D eigenvalue weighted by atomic mass is 10.3. The van der Waals surface area contributed by atoms with Crippen LogP contribution in [0.5, 0.6) is 11.5 Å². The molecule has 2 aromatic carbocycles. The molecule has 2 rings (SSSR count). The highest BCUT2D eigenvalue weighted by atomic mass is 32.2. The largest absolute Gasteiger partial charge is 0.457 e. The lowest BCUT2D eigenvalue weighted by Gasteiger charge is -2.09. The number of nitrogens with two attached hydrogens (primary N) is 2. The van der Waals surface area contributed by atoms with E-state index < -0.39 is 54.2 Å². The molecule has 4 amide bonds. The van der Waals surface area contributed by atoms with Gasteiger partial charge in [0.25, 0.3) is 20.0 Å². The molecule has 2 aromatic rings. The molecule has 0 saturated carbocycles. The molecule has 0 aliphatic heterocycles. The summed E-state index contributed by atoms with van der Waals surface area (Å²) in [6, 6.07) is 9.06. The second-order valence-corrected chi connectivity index (χ2v) is 9.53. The van der Waals surface area contributed by atoms with Crippen LogP contribution in [-0.4, -0.2) is 41.2 Å². The first kappa shape index (κ1) is 29.6. The van der Waals surface area contributed by atoms with Crippen LogP contribution in [0.4, 0.5) is 19.2 Å². The Hall–Kier alpha value is -5.58. The number of carbonyl (C=O) groups is 4. The maximum atomic E-state index is 12.2. The summed E-state index contributed by atoms with van der Waals surface area (Å²) in [4.78, 5) is 58.2. The van der Waals surface area contributed by atoms with Gasteiger partial charge in [0.15, 0.2) is 0 Å². The van der Waals surface area contributed by atoms with Gasteiger partial charge in [0.1, 0.15) is 11.5 Å². The Morgan fingerprint density at radius 1 is 0.564 bits per heavy atom. The normalized spacial score (nSPS) is 11.4. The average molecular weight is 590 g/mol. The summed E-state index contributed by atoms with van der Waals surface area (Å²) >= 11 is 0. The van der Waals surface area contributed by atoms with E-state index in [1.165, 1.54) is 33.7 Å². The van der Waals surface area contributed by atoms with Gasteiger partial charge >= 0.3 is 24.4 Å². The van der Waals surface area contributed by atoms with E-state index >= 15 is 0 Å². The van der Waals surface area contributed by atoms with Crippen LogP contribution < -0.4 is 25.6 Å². The van der Waals surface area contributed by atoms with Gasteiger partial charge in [-0.1, -0.05) is 0 Å². The van der Waals surface area contributed by atoms with Gasteiger partial charge in [0.2, 0.25) is 0 Å². The number of hydrogen-bond acceptors (Lipinski definition) is 17. The van der Waals surface area contributed by atoms with Gasteiger partial charge in [-0.3, -0.25) is 19.4 Å². The summed E-state index contributed by atoms with van der Waals surface area (Å²) in [5, 5.41) is 10.4. The minimum Gasteiger partial charge on any atom is -0.457 e. The number of rotatable bonds is 10. The van der Waals surface area contributed by atoms with Gasteiger partial charge in [-0.25, -0.2) is 45.5 Å². The Balaban J connectivity index is 1.96. The number of hydrogen-bond donors (Lipinski definition) is 4. The minimum atomic E-state index is -4.41. The molecule has 0 spiro atoms. The summed E-state index contributed by atoms with van der Waals surface area (Å²) in [5.74, 6) is 0.213. The Morgan fingerprint density at radius 2 is 0.872 bits per heavy atom. The number of primary amides is 2. The van der Waals surface area contributed by atoms with Crippen molar-refractivity contribution in [1.29, 1.82) is 0 Å². The van der Waals surface area contributed by atoms with Crippen molar-refractivity contribution in [2.24, 2.45) is 32.6 Å². The summed E-state index contributed by atoms with van der Waals surface area (Å²) in [6.07, 6.45) is -5.86. The zero-order chi connectivity index (χ0) is 29.1. The Bertz CT molecular complexity index is 1380. The van der Waals surface area contributed by atoms with Crippen LogP contribution >= 0.6 is 0 Å². The third kappa shape index (κ3) is 10.1. The summed E-state index contributed by atoms with van der Waals surface area (Å²) in [7, 11) is -8.82. The lowest BCUT2D eigenvalue weighted by Crippen LogP contribution is -2.30. The molecule has 39 heavy (non-hydrogen) atoms. The van der Waals surface area contributed by atoms with Gasteiger partial charge in [0.05, 0.1) is 30.9 Å². The SMILES string of the molecule is NC(=O)ON=NOC(=O)NS(=O)(=O)c1ccc(Oc2ccc(S(=O)(=O)NC(=O)ON=NOC(N)=O)cc2)cc1. The van der Waals surface area contributed by atoms with Crippen molar-refractivity contribution in [2.75, 3.05) is 0 Å². The highest BCUT2D eigenvalue weighted by molar-refractivity contribution is 7.90. The molecule has 0 aromatic heterocycles. The lowest BCUT2D eigenvalue weighted by molar-refractivity contribution is 0.0982. The number of ether oxygens (including phenoxy) is 1. The smallest absolute Gasteiger partial charge is 0.448 e. The van der Waals surface area contributed by atoms with Crippen LogP contribution in [0, 0.1) is 0 Å². The molecular formula is C16H14N8O13S2. The Labute approximate surface area is 216 Å². The second kappa shape index (κ2) is 13.1. The number of nitrogens with one attached hydrogen (secondary N) is 2. The maximum absolute atomic E-state index is 12.2. The van der Waals surface area contributed by atoms with Crippen molar-refractivity contribution in [3.8, 4) is 11.5 Å². The van der Waals surface area contributed by atoms with Gasteiger partial charge in [0, 0.05) is 0 Å². The quantitative estimate of drug-likeness (QED) is 0.222. The number of amides is 4. The molecule has 0 saturated heterocycles. The van der Waals surface area contributed by atoms with Crippen molar-refractivity contribution >= 4 is 44.4 Å². The van der Waals surface area contributed by atoms with Crippen LogP contribution in [0.2, 0.25) is 0 Å². The molecule has 23 heteroatoms. The molecule has 21 nitrogen and oxygen atoms in total. The van der Waals surface area contributed by atoms with Gasteiger partial charge in [-0.15, -0.1) is 0 Å². The zero-order valence-corrected chi connectivity index (χ0v) is 20.3. The average Bonchev–Trinajstić information content (AvgIpc) is 2.84. The van der Waals surface area contributed by atoms with E-state index in [1.807, 2.05) is 0 Å². The fourth-order valence-electron chi connectivity index (χ4n) is 2.11. The van der Waals surface area contributed by atoms with E-state index in [0.29, 0.717) is 0 Å². The minimum absolute atomic E-state index is 0.106. The Morgan fingerprint density at radius 3 is 1.18 bits per heavy atom. The topological polar surface area (TPSA) is 308 Å². The molecule has 0 unspecified atom stereocenters. The summed E-state index contributed by atoms with van der Waals surface area (Å²) in [5.41, 5.74) is 9.15. The zero-order valence-electron chi connectivity index (χ0n) is 18.7. The Kier molecular flexibility index (Phi) is 9.96. The fourth-order valence-corrected chi connectivity index (χ4v) is 3.84. The van der Waals surface area contributed by atoms with E-state index in [-0.39, 0.29) is 11.5 Å². The molecule has 0 bridgehead atoms. The highest BCUT2D eigenvalue weighted by Crippen LogP contribution is 2.24. The molecule has 6 N–H and O–H groups in total. The molecule has 0 aliphatic carbocycles. The van der Waals surface area contributed by atoms with E-state index in [2.05, 4.69) is 51.9 Å². The molecule has 0 atom stereocenters. The first-order valence-electron chi connectivity index (χ1n) is 9.37. The molecule has 0 fully saturated rings. The second-order valence-electron chi connectivity index (χ2n) is 6.16. The number of carbonyl (C=O) groups excluding carboxylic acids is 4. The van der Waals surface area contributed by atoms with Gasteiger partial charge in [-0.2, -0.15) is 0 Å². The van der Waals surface area contributed by atoms with Crippen LogP contribution in [0.25, 0.3) is 0 Å². The monoisotopic (exact) mass is 590 g/mol. The van der Waals surface area contributed by atoms with Crippen molar-refractivity contribution in [3.05, 3.63) is 48.5 Å². The predicted octanol–water partition coefficient (Wildman–Crippen LogP) is 1.06. The van der Waals surface area contributed by atoms with Crippen LogP contribution in [0.3, 0.4) is 0 Å². The fraction of sp³-hybridized carbons (Fsp3) is 0. The number of benzene rings is 2. The van der Waals surface area contributed by atoms with Gasteiger partial charge < -0.3 is 16.2 Å². The van der Waals surface area contributed by atoms with Gasteiger partial charge in [-0.05, 0) is 48.5 Å². The third-order valence-corrected chi connectivity index (χ3v) is 6.17. The van der Waals surface area contributed by atoms with Crippen LogP contribution in [0.1, 0.15) is 0 Å². The van der Waals surface area contributed by atoms with Crippen molar-refractivity contribution in [3.63, 3.8) is 0 Å². The van der Waals surface area contributed by atoms with Crippen molar-refractivity contribution in [1.82, 2.24) is 9.44 Å².